The summed E-state index contributed by atoms with van der Waals surface area (Å²) in [6.07, 6.45) is 2.21. The van der Waals surface area contributed by atoms with Gasteiger partial charge < -0.3 is 9.47 Å². The van der Waals surface area contributed by atoms with Gasteiger partial charge in [0.25, 0.3) is 0 Å². The number of ether oxygens (including phenoxy) is 2. The Morgan fingerprint density at radius 1 is 1.43 bits per heavy atom. The Kier molecular flexibility index (Phi) is 4.73. The summed E-state index contributed by atoms with van der Waals surface area (Å²) < 4.78 is 28.2. The van der Waals surface area contributed by atoms with Crippen molar-refractivity contribution in [3.63, 3.8) is 0 Å². The number of hydrogen-bond acceptors (Lipinski definition) is 3. The van der Waals surface area contributed by atoms with Crippen LogP contribution in [0.5, 0.6) is 5.75 Å². The SMILES string of the molecule is Cc1nn(C)c(C)c1-c1cc(OCC2CCCO2)cc(Br)c1F. The van der Waals surface area contributed by atoms with Gasteiger partial charge in [-0.25, -0.2) is 4.39 Å². The maximum atomic E-state index is 14.6. The van der Waals surface area contributed by atoms with Gasteiger partial charge in [0, 0.05) is 30.5 Å². The zero-order chi connectivity index (χ0) is 16.6. The van der Waals surface area contributed by atoms with Crippen LogP contribution in [0.4, 0.5) is 4.39 Å². The van der Waals surface area contributed by atoms with E-state index in [9.17, 15) is 4.39 Å². The predicted octanol–water partition coefficient (Wildman–Crippen LogP) is 4.16. The largest absolute Gasteiger partial charge is 0.491 e. The molecule has 1 fully saturated rings. The fourth-order valence-corrected chi connectivity index (χ4v) is 3.40. The van der Waals surface area contributed by atoms with E-state index in [0.29, 0.717) is 22.4 Å². The van der Waals surface area contributed by atoms with Gasteiger partial charge in [-0.1, -0.05) is 0 Å². The molecule has 6 heteroatoms. The molecule has 2 heterocycles. The van der Waals surface area contributed by atoms with Gasteiger partial charge in [-0.3, -0.25) is 4.68 Å². The van der Waals surface area contributed by atoms with Gasteiger partial charge in [0.2, 0.25) is 0 Å². The molecular formula is C17H20BrFN2O2. The second kappa shape index (κ2) is 6.61. The van der Waals surface area contributed by atoms with Crippen molar-refractivity contribution in [1.82, 2.24) is 9.78 Å². The number of aromatic nitrogens is 2. The van der Waals surface area contributed by atoms with Crippen molar-refractivity contribution < 1.29 is 13.9 Å². The predicted molar refractivity (Wildman–Crippen MR) is 90.2 cm³/mol. The quantitative estimate of drug-likeness (QED) is 0.796. The van der Waals surface area contributed by atoms with Crippen molar-refractivity contribution in [2.75, 3.05) is 13.2 Å². The van der Waals surface area contributed by atoms with Crippen LogP contribution in [-0.4, -0.2) is 29.1 Å². The molecule has 1 atom stereocenters. The maximum Gasteiger partial charge on any atom is 0.145 e. The summed E-state index contributed by atoms with van der Waals surface area (Å²) in [6, 6.07) is 3.40. The monoisotopic (exact) mass is 382 g/mol. The number of benzene rings is 1. The van der Waals surface area contributed by atoms with Crippen molar-refractivity contribution in [2.24, 2.45) is 7.05 Å². The van der Waals surface area contributed by atoms with Crippen LogP contribution in [0, 0.1) is 19.7 Å². The maximum absolute atomic E-state index is 14.6. The fraction of sp³-hybridized carbons (Fsp3) is 0.471. The molecule has 4 nitrogen and oxygen atoms in total. The normalized spacial score (nSPS) is 17.7. The molecule has 0 spiro atoms. The molecule has 0 saturated carbocycles. The Morgan fingerprint density at radius 2 is 2.22 bits per heavy atom. The molecule has 0 aliphatic carbocycles. The Hall–Kier alpha value is -1.40. The third-order valence-corrected chi connectivity index (χ3v) is 4.82. The first-order valence-corrected chi connectivity index (χ1v) is 8.50. The minimum absolute atomic E-state index is 0.129. The van der Waals surface area contributed by atoms with Crippen LogP contribution < -0.4 is 4.74 Å². The van der Waals surface area contributed by atoms with Crippen molar-refractivity contribution in [3.05, 3.63) is 33.8 Å². The van der Waals surface area contributed by atoms with Crippen LogP contribution >= 0.6 is 15.9 Å². The zero-order valence-electron chi connectivity index (χ0n) is 13.5. The highest BCUT2D eigenvalue weighted by Gasteiger charge is 2.20. The van der Waals surface area contributed by atoms with E-state index >= 15 is 0 Å². The number of halogens is 2. The summed E-state index contributed by atoms with van der Waals surface area (Å²) in [5.74, 6) is 0.333. The lowest BCUT2D eigenvalue weighted by molar-refractivity contribution is 0.0679. The fourth-order valence-electron chi connectivity index (χ4n) is 2.96. The molecule has 0 N–H and O–H groups in total. The Balaban J connectivity index is 1.93. The first-order valence-electron chi connectivity index (χ1n) is 7.71. The minimum Gasteiger partial charge on any atom is -0.491 e. The second-order valence-corrected chi connectivity index (χ2v) is 6.74. The summed E-state index contributed by atoms with van der Waals surface area (Å²) in [5.41, 5.74) is 3.04. The zero-order valence-corrected chi connectivity index (χ0v) is 15.1. The van der Waals surface area contributed by atoms with Crippen LogP contribution in [0.25, 0.3) is 11.1 Å². The highest BCUT2D eigenvalue weighted by molar-refractivity contribution is 9.10. The molecule has 1 aromatic carbocycles. The van der Waals surface area contributed by atoms with E-state index in [-0.39, 0.29) is 11.9 Å². The lowest BCUT2D eigenvalue weighted by Gasteiger charge is -2.14. The smallest absolute Gasteiger partial charge is 0.145 e. The molecule has 1 unspecified atom stereocenters. The average molecular weight is 383 g/mol. The lowest BCUT2D eigenvalue weighted by atomic mass is 10.0. The van der Waals surface area contributed by atoms with Gasteiger partial charge in [-0.2, -0.15) is 5.10 Å². The van der Waals surface area contributed by atoms with Gasteiger partial charge >= 0.3 is 0 Å². The van der Waals surface area contributed by atoms with Crippen molar-refractivity contribution in [3.8, 4) is 16.9 Å². The molecule has 1 saturated heterocycles. The summed E-state index contributed by atoms with van der Waals surface area (Å²) in [7, 11) is 1.86. The summed E-state index contributed by atoms with van der Waals surface area (Å²) in [4.78, 5) is 0. The summed E-state index contributed by atoms with van der Waals surface area (Å²) >= 11 is 3.29. The van der Waals surface area contributed by atoms with E-state index in [2.05, 4.69) is 21.0 Å². The van der Waals surface area contributed by atoms with Gasteiger partial charge in [-0.05, 0) is 54.8 Å². The Morgan fingerprint density at radius 3 is 2.83 bits per heavy atom. The lowest BCUT2D eigenvalue weighted by Crippen LogP contribution is -2.16. The van der Waals surface area contributed by atoms with Crippen molar-refractivity contribution in [1.29, 1.82) is 0 Å². The minimum atomic E-state index is -0.298. The number of nitrogens with zero attached hydrogens (tertiary/aromatic N) is 2. The van der Waals surface area contributed by atoms with E-state index in [4.69, 9.17) is 9.47 Å². The number of rotatable bonds is 4. The van der Waals surface area contributed by atoms with E-state index in [1.165, 1.54) is 0 Å². The molecule has 0 bridgehead atoms. The molecule has 23 heavy (non-hydrogen) atoms. The second-order valence-electron chi connectivity index (χ2n) is 5.88. The van der Waals surface area contributed by atoms with Crippen molar-refractivity contribution >= 4 is 15.9 Å². The Labute approximate surface area is 143 Å². The molecule has 2 aromatic rings. The molecule has 0 radical (unpaired) electrons. The van der Waals surface area contributed by atoms with Gasteiger partial charge in [0.05, 0.1) is 16.3 Å². The van der Waals surface area contributed by atoms with Crippen LogP contribution in [0.15, 0.2) is 16.6 Å². The summed E-state index contributed by atoms with van der Waals surface area (Å²) in [6.45, 7) is 5.10. The first-order chi connectivity index (χ1) is 11.0. The number of hydrogen-bond donors (Lipinski definition) is 0. The highest BCUT2D eigenvalue weighted by atomic mass is 79.9. The van der Waals surface area contributed by atoms with E-state index in [0.717, 1.165) is 36.4 Å². The molecule has 0 amide bonds. The molecule has 124 valence electrons. The molecule has 1 aliphatic heterocycles. The molecular weight excluding hydrogens is 363 g/mol. The molecule has 1 aliphatic rings. The van der Waals surface area contributed by atoms with Crippen LogP contribution in [0.2, 0.25) is 0 Å². The van der Waals surface area contributed by atoms with E-state index in [1.807, 2.05) is 20.9 Å². The van der Waals surface area contributed by atoms with E-state index < -0.39 is 0 Å². The van der Waals surface area contributed by atoms with Crippen molar-refractivity contribution in [2.45, 2.75) is 32.8 Å². The highest BCUT2D eigenvalue weighted by Crippen LogP contribution is 2.36. The Bertz CT molecular complexity index is 724. The van der Waals surface area contributed by atoms with Gasteiger partial charge in [0.15, 0.2) is 0 Å². The van der Waals surface area contributed by atoms with Gasteiger partial charge in [-0.15, -0.1) is 0 Å². The number of aryl methyl sites for hydroxylation is 2. The summed E-state index contributed by atoms with van der Waals surface area (Å²) in [5, 5.41) is 4.37. The van der Waals surface area contributed by atoms with Crippen LogP contribution in [-0.2, 0) is 11.8 Å². The third-order valence-electron chi connectivity index (χ3n) is 4.24. The third kappa shape index (κ3) is 3.28. The average Bonchev–Trinajstić information content (AvgIpc) is 3.10. The molecule has 3 rings (SSSR count). The standard InChI is InChI=1S/C17H20BrFN2O2/c1-10-16(11(2)21(3)20-10)14-7-13(8-15(18)17(14)19)23-9-12-5-4-6-22-12/h7-8,12H,4-6,9H2,1-3H3. The molecule has 1 aromatic heterocycles. The topological polar surface area (TPSA) is 36.3 Å². The van der Waals surface area contributed by atoms with E-state index in [1.54, 1.807) is 16.8 Å². The van der Waals surface area contributed by atoms with Gasteiger partial charge in [0.1, 0.15) is 18.2 Å². The first kappa shape index (κ1) is 16.5. The van der Waals surface area contributed by atoms with Crippen LogP contribution in [0.1, 0.15) is 24.2 Å². The van der Waals surface area contributed by atoms with Crippen LogP contribution in [0.3, 0.4) is 0 Å².